The summed E-state index contributed by atoms with van der Waals surface area (Å²) in [6.45, 7) is 4.14. The monoisotopic (exact) mass is 586 g/mol. The van der Waals surface area contributed by atoms with Gasteiger partial charge in [0.1, 0.15) is 10.3 Å². The summed E-state index contributed by atoms with van der Waals surface area (Å²) < 4.78 is 12.2. The second kappa shape index (κ2) is 11.2. The lowest BCUT2D eigenvalue weighted by Gasteiger charge is -2.39. The summed E-state index contributed by atoms with van der Waals surface area (Å²) >= 11 is 12.0. The molecule has 0 unspecified atom stereocenters. The van der Waals surface area contributed by atoms with E-state index >= 15 is 0 Å². The predicted molar refractivity (Wildman–Crippen MR) is 151 cm³/mol. The number of nitrogens with one attached hydrogen (secondary N) is 2. The summed E-state index contributed by atoms with van der Waals surface area (Å²) in [6, 6.07) is 7.22. The fourth-order valence-electron chi connectivity index (χ4n) is 6.58. The molecule has 6 heterocycles. The number of nitrogens with zero attached hydrogens (tertiary/aromatic N) is 4. The van der Waals surface area contributed by atoms with Crippen molar-refractivity contribution in [3.05, 3.63) is 59.1 Å². The fourth-order valence-corrected chi connectivity index (χ4v) is 6.81. The van der Waals surface area contributed by atoms with Crippen molar-refractivity contribution >= 4 is 46.5 Å². The van der Waals surface area contributed by atoms with E-state index in [1.54, 1.807) is 24.5 Å². The van der Waals surface area contributed by atoms with Crippen LogP contribution in [0.3, 0.4) is 0 Å². The predicted octanol–water partition coefficient (Wildman–Crippen LogP) is 3.16. The number of halogens is 2. The normalized spacial score (nSPS) is 29.8. The van der Waals surface area contributed by atoms with Gasteiger partial charge in [0.05, 0.1) is 36.9 Å². The van der Waals surface area contributed by atoms with Gasteiger partial charge in [-0.25, -0.2) is 19.6 Å². The van der Waals surface area contributed by atoms with Gasteiger partial charge < -0.3 is 29.9 Å². The molecule has 4 atom stereocenters. The Bertz CT molecular complexity index is 1180. The molecule has 4 aliphatic rings. The van der Waals surface area contributed by atoms with E-state index in [2.05, 4.69) is 30.4 Å². The number of rotatable bonds is 6. The van der Waals surface area contributed by atoms with Crippen LogP contribution in [-0.2, 0) is 19.1 Å². The summed E-state index contributed by atoms with van der Waals surface area (Å²) in [5.41, 5.74) is -0.107. The summed E-state index contributed by atoms with van der Waals surface area (Å²) in [4.78, 5) is 38.8. The first-order valence-corrected chi connectivity index (χ1v) is 14.4. The number of pyridine rings is 2. The highest BCUT2D eigenvalue weighted by molar-refractivity contribution is 6.29. The van der Waals surface area contributed by atoms with Crippen molar-refractivity contribution < 1.29 is 19.1 Å². The van der Waals surface area contributed by atoms with Crippen LogP contribution in [0.4, 0.5) is 11.4 Å². The maximum atomic E-state index is 13.1. The standard InChI is InChI=1S/C28H32Cl2N6O4/c29-23-3-1-21(13-33-23)35-15-19-7-9-31-17-27(35,11-19)39-25(37)5-6-26(38)40-28-12-20(8-10-32-18-28)16-36(28)22-2-4-24(30)34-14-22/h1-6,13-14,19-20,31-32H,7-12,15-18H2/b6-5+/t19-,20-,27+,28+/m0/s1. The molecule has 4 aliphatic heterocycles. The maximum Gasteiger partial charge on any atom is 0.333 e. The van der Waals surface area contributed by atoms with Gasteiger partial charge in [0, 0.05) is 38.1 Å². The number of aromatic nitrogens is 2. The van der Waals surface area contributed by atoms with Gasteiger partial charge in [-0.1, -0.05) is 23.2 Å². The Hall–Kier alpha value is -2.92. The maximum absolute atomic E-state index is 13.1. The lowest BCUT2D eigenvalue weighted by molar-refractivity contribution is -0.155. The molecule has 40 heavy (non-hydrogen) atoms. The highest BCUT2D eigenvalue weighted by Gasteiger charge is 2.51. The average Bonchev–Trinajstić information content (AvgIpc) is 3.28. The third-order valence-corrected chi connectivity index (χ3v) is 8.77. The molecule has 0 aromatic carbocycles. The molecule has 0 aliphatic carbocycles. The Kier molecular flexibility index (Phi) is 7.60. The van der Waals surface area contributed by atoms with Crippen LogP contribution in [-0.4, -0.2) is 72.6 Å². The van der Waals surface area contributed by atoms with E-state index in [1.807, 2.05) is 12.1 Å². The number of fused-ring (bicyclic) bond motifs is 4. The van der Waals surface area contributed by atoms with Gasteiger partial charge in [0.25, 0.3) is 0 Å². The Balaban J connectivity index is 1.17. The number of carbonyl (C=O) groups excluding carboxylic acids is 2. The van der Waals surface area contributed by atoms with E-state index in [9.17, 15) is 9.59 Å². The molecular formula is C28H32Cl2N6O4. The van der Waals surface area contributed by atoms with Crippen molar-refractivity contribution in [2.24, 2.45) is 11.8 Å². The SMILES string of the molecule is O=C(/C=C/C(=O)O[C@]12CNCC[C@H](CN1c1ccc(Cl)nc1)C2)O[C@]12CNCC[C@H](CN1c1ccc(Cl)nc1)C2. The molecule has 4 fully saturated rings. The molecule has 212 valence electrons. The summed E-state index contributed by atoms with van der Waals surface area (Å²) in [5.74, 6) is -0.489. The van der Waals surface area contributed by atoms with Crippen LogP contribution in [0.15, 0.2) is 48.8 Å². The second-order valence-corrected chi connectivity index (χ2v) is 11.8. The Morgan fingerprint density at radius 2 is 1.25 bits per heavy atom. The van der Waals surface area contributed by atoms with Crippen LogP contribution >= 0.6 is 23.2 Å². The van der Waals surface area contributed by atoms with Crippen LogP contribution in [0.25, 0.3) is 0 Å². The zero-order valence-corrected chi connectivity index (χ0v) is 23.5. The van der Waals surface area contributed by atoms with E-state index < -0.39 is 23.4 Å². The topological polar surface area (TPSA) is 109 Å². The molecule has 2 N–H and O–H groups in total. The molecule has 2 aromatic rings. The van der Waals surface area contributed by atoms with Crippen molar-refractivity contribution in [1.82, 2.24) is 20.6 Å². The molecule has 6 rings (SSSR count). The molecule has 4 saturated heterocycles. The molecule has 0 spiro atoms. The minimum Gasteiger partial charge on any atom is -0.434 e. The quantitative estimate of drug-likeness (QED) is 0.297. The molecule has 4 bridgehead atoms. The molecule has 0 radical (unpaired) electrons. The Morgan fingerprint density at radius 1 is 0.800 bits per heavy atom. The summed E-state index contributed by atoms with van der Waals surface area (Å²) in [5, 5.41) is 7.59. The fraction of sp³-hybridized carbons (Fsp3) is 0.500. The van der Waals surface area contributed by atoms with Gasteiger partial charge in [-0.05, 0) is 62.0 Å². The first-order valence-electron chi connectivity index (χ1n) is 13.7. The van der Waals surface area contributed by atoms with E-state index in [1.165, 1.54) is 0 Å². The van der Waals surface area contributed by atoms with E-state index in [4.69, 9.17) is 32.7 Å². The van der Waals surface area contributed by atoms with Crippen LogP contribution in [0, 0.1) is 11.8 Å². The largest absolute Gasteiger partial charge is 0.434 e. The minimum absolute atomic E-state index is 0.359. The van der Waals surface area contributed by atoms with Gasteiger partial charge in [-0.15, -0.1) is 0 Å². The second-order valence-electron chi connectivity index (χ2n) is 11.0. The third kappa shape index (κ3) is 5.50. The number of ether oxygens (including phenoxy) is 2. The number of hydrogen-bond donors (Lipinski definition) is 2. The van der Waals surface area contributed by atoms with Crippen LogP contribution in [0.1, 0.15) is 25.7 Å². The van der Waals surface area contributed by atoms with Gasteiger partial charge >= 0.3 is 11.9 Å². The third-order valence-electron chi connectivity index (χ3n) is 8.33. The first-order chi connectivity index (χ1) is 19.3. The van der Waals surface area contributed by atoms with E-state index in [0.717, 1.165) is 62.5 Å². The van der Waals surface area contributed by atoms with Gasteiger partial charge in [-0.2, -0.15) is 0 Å². The number of hydrogen-bond acceptors (Lipinski definition) is 10. The van der Waals surface area contributed by atoms with Crippen LogP contribution < -0.4 is 20.4 Å². The number of anilines is 2. The first kappa shape index (κ1) is 27.3. The van der Waals surface area contributed by atoms with Crippen molar-refractivity contribution in [2.45, 2.75) is 37.1 Å². The molecular weight excluding hydrogens is 555 g/mol. The molecule has 0 saturated carbocycles. The van der Waals surface area contributed by atoms with Gasteiger partial charge in [0.15, 0.2) is 11.4 Å². The highest BCUT2D eigenvalue weighted by Crippen LogP contribution is 2.42. The van der Waals surface area contributed by atoms with E-state index in [-0.39, 0.29) is 0 Å². The Morgan fingerprint density at radius 3 is 1.65 bits per heavy atom. The molecule has 0 amide bonds. The van der Waals surface area contributed by atoms with Crippen LogP contribution in [0.2, 0.25) is 10.3 Å². The van der Waals surface area contributed by atoms with Crippen molar-refractivity contribution in [3.63, 3.8) is 0 Å². The lowest BCUT2D eigenvalue weighted by atomic mass is 10.0. The average molecular weight is 588 g/mol. The molecule has 12 heteroatoms. The van der Waals surface area contributed by atoms with Crippen molar-refractivity contribution in [3.8, 4) is 0 Å². The number of carbonyl (C=O) groups is 2. The Labute approximate surface area is 243 Å². The summed E-state index contributed by atoms with van der Waals surface area (Å²) in [6.07, 6.45) is 9.05. The molecule has 10 nitrogen and oxygen atoms in total. The van der Waals surface area contributed by atoms with E-state index in [0.29, 0.717) is 48.1 Å². The van der Waals surface area contributed by atoms with Gasteiger partial charge in [-0.3, -0.25) is 0 Å². The summed E-state index contributed by atoms with van der Waals surface area (Å²) in [7, 11) is 0. The van der Waals surface area contributed by atoms with Crippen LogP contribution in [0.5, 0.6) is 0 Å². The molecule has 2 aromatic heterocycles. The van der Waals surface area contributed by atoms with Crippen molar-refractivity contribution in [2.75, 3.05) is 49.1 Å². The smallest absolute Gasteiger partial charge is 0.333 e. The number of esters is 2. The zero-order chi connectivity index (χ0) is 27.7. The zero-order valence-electron chi connectivity index (χ0n) is 22.0. The minimum atomic E-state index is -0.886. The van der Waals surface area contributed by atoms with Gasteiger partial charge in [0.2, 0.25) is 0 Å². The van der Waals surface area contributed by atoms with Crippen molar-refractivity contribution in [1.29, 1.82) is 0 Å². The lowest BCUT2D eigenvalue weighted by Crippen LogP contribution is -2.54. The highest BCUT2D eigenvalue weighted by atomic mass is 35.5.